The lowest BCUT2D eigenvalue weighted by Gasteiger charge is -2.16. The van der Waals surface area contributed by atoms with E-state index >= 15 is 0 Å². The molecule has 100 valence electrons. The van der Waals surface area contributed by atoms with Crippen LogP contribution in [-0.4, -0.2) is 30.2 Å². The summed E-state index contributed by atoms with van der Waals surface area (Å²) in [5.74, 6) is 2.94. The van der Waals surface area contributed by atoms with E-state index in [0.717, 1.165) is 43.4 Å². The summed E-state index contributed by atoms with van der Waals surface area (Å²) in [4.78, 5) is 9.32. The van der Waals surface area contributed by atoms with Crippen LogP contribution >= 0.6 is 0 Å². The molecule has 0 spiro atoms. The average Bonchev–Trinajstić information content (AvgIpc) is 2.80. The predicted octanol–water partition coefficient (Wildman–Crippen LogP) is 2.53. The van der Waals surface area contributed by atoms with E-state index in [-0.39, 0.29) is 0 Å². The molecule has 0 aliphatic carbocycles. The van der Waals surface area contributed by atoms with Gasteiger partial charge in [0.05, 0.1) is 0 Å². The van der Waals surface area contributed by atoms with Gasteiger partial charge < -0.3 is 10.1 Å². The monoisotopic (exact) mass is 249 g/mol. The van der Waals surface area contributed by atoms with Crippen molar-refractivity contribution in [2.45, 2.75) is 39.5 Å². The first-order chi connectivity index (χ1) is 8.61. The van der Waals surface area contributed by atoms with Gasteiger partial charge in [-0.25, -0.2) is 9.97 Å². The summed E-state index contributed by atoms with van der Waals surface area (Å²) in [6.07, 6.45) is 2.05. The number of nitrogens with zero attached hydrogens (tertiary/aromatic N) is 2. The summed E-state index contributed by atoms with van der Waals surface area (Å²) in [5, 5.41) is 3.20. The molecular weight excluding hydrogens is 226 g/mol. The third-order valence-electron chi connectivity index (χ3n) is 3.49. The van der Waals surface area contributed by atoms with Gasteiger partial charge in [0.1, 0.15) is 11.6 Å². The van der Waals surface area contributed by atoms with Crippen LogP contribution in [0.15, 0.2) is 0 Å². The molecule has 2 rings (SSSR count). The fraction of sp³-hybridized carbons (Fsp3) is 0.714. The minimum absolute atomic E-state index is 0.441. The molecule has 4 nitrogen and oxygen atoms in total. The first-order valence-electron chi connectivity index (χ1n) is 6.74. The highest BCUT2D eigenvalue weighted by molar-refractivity contribution is 5.47. The SMILES string of the molecule is CNc1nc(CC2CCOC2)nc(C)c1C(C)C. The second kappa shape index (κ2) is 5.65. The molecule has 0 saturated carbocycles. The molecule has 2 heterocycles. The van der Waals surface area contributed by atoms with Crippen LogP contribution in [0.25, 0.3) is 0 Å². The van der Waals surface area contributed by atoms with Gasteiger partial charge in [-0.1, -0.05) is 13.8 Å². The Morgan fingerprint density at radius 2 is 2.17 bits per heavy atom. The van der Waals surface area contributed by atoms with Crippen molar-refractivity contribution in [1.82, 2.24) is 9.97 Å². The molecule has 1 aliphatic heterocycles. The van der Waals surface area contributed by atoms with E-state index < -0.39 is 0 Å². The second-order valence-corrected chi connectivity index (χ2v) is 5.33. The Labute approximate surface area is 109 Å². The summed E-state index contributed by atoms with van der Waals surface area (Å²) in [7, 11) is 1.93. The second-order valence-electron chi connectivity index (χ2n) is 5.33. The Morgan fingerprint density at radius 3 is 2.72 bits per heavy atom. The van der Waals surface area contributed by atoms with E-state index in [1.54, 1.807) is 0 Å². The first-order valence-corrected chi connectivity index (χ1v) is 6.74. The van der Waals surface area contributed by atoms with Gasteiger partial charge in [0.15, 0.2) is 0 Å². The molecular formula is C14H23N3O. The van der Waals surface area contributed by atoms with E-state index in [9.17, 15) is 0 Å². The van der Waals surface area contributed by atoms with E-state index in [4.69, 9.17) is 4.74 Å². The average molecular weight is 249 g/mol. The lowest BCUT2D eigenvalue weighted by Crippen LogP contribution is -2.12. The molecule has 1 aromatic heterocycles. The van der Waals surface area contributed by atoms with Gasteiger partial charge in [0.2, 0.25) is 0 Å². The summed E-state index contributed by atoms with van der Waals surface area (Å²) < 4.78 is 5.41. The summed E-state index contributed by atoms with van der Waals surface area (Å²) in [6.45, 7) is 8.16. The lowest BCUT2D eigenvalue weighted by molar-refractivity contribution is 0.185. The van der Waals surface area contributed by atoms with Crippen molar-refractivity contribution < 1.29 is 4.74 Å². The van der Waals surface area contributed by atoms with Gasteiger partial charge in [-0.15, -0.1) is 0 Å². The number of anilines is 1. The molecule has 0 aromatic carbocycles. The molecule has 1 aromatic rings. The highest BCUT2D eigenvalue weighted by Crippen LogP contribution is 2.26. The largest absolute Gasteiger partial charge is 0.381 e. The molecule has 4 heteroatoms. The topological polar surface area (TPSA) is 47.0 Å². The van der Waals surface area contributed by atoms with Crippen LogP contribution in [0, 0.1) is 12.8 Å². The molecule has 0 amide bonds. The van der Waals surface area contributed by atoms with Gasteiger partial charge in [-0.3, -0.25) is 0 Å². The van der Waals surface area contributed by atoms with Crippen molar-refractivity contribution in [1.29, 1.82) is 0 Å². The highest BCUT2D eigenvalue weighted by atomic mass is 16.5. The third-order valence-corrected chi connectivity index (χ3v) is 3.49. The zero-order valence-electron chi connectivity index (χ0n) is 11.8. The Bertz CT molecular complexity index is 412. The smallest absolute Gasteiger partial charge is 0.133 e. The van der Waals surface area contributed by atoms with Crippen LogP contribution < -0.4 is 5.32 Å². The van der Waals surface area contributed by atoms with Gasteiger partial charge in [0.25, 0.3) is 0 Å². The van der Waals surface area contributed by atoms with E-state index in [2.05, 4.69) is 36.1 Å². The number of hydrogen-bond acceptors (Lipinski definition) is 4. The Morgan fingerprint density at radius 1 is 1.39 bits per heavy atom. The maximum absolute atomic E-state index is 5.41. The maximum atomic E-state index is 5.41. The Hall–Kier alpha value is -1.16. The van der Waals surface area contributed by atoms with Crippen molar-refractivity contribution in [2.24, 2.45) is 5.92 Å². The molecule has 1 saturated heterocycles. The van der Waals surface area contributed by atoms with Gasteiger partial charge in [0, 0.05) is 37.9 Å². The predicted molar refractivity (Wildman–Crippen MR) is 73.0 cm³/mol. The van der Waals surface area contributed by atoms with Crippen molar-refractivity contribution in [3.8, 4) is 0 Å². The Balaban J connectivity index is 2.24. The number of nitrogens with one attached hydrogen (secondary N) is 1. The van der Waals surface area contributed by atoms with Gasteiger partial charge in [-0.2, -0.15) is 0 Å². The number of ether oxygens (including phenoxy) is 1. The standard InChI is InChI=1S/C14H23N3O/c1-9(2)13-10(3)16-12(17-14(13)15-4)7-11-5-6-18-8-11/h9,11H,5-8H2,1-4H3,(H,15,16,17). The molecule has 1 unspecified atom stereocenters. The van der Waals surface area contributed by atoms with E-state index in [1.165, 1.54) is 5.56 Å². The summed E-state index contributed by atoms with van der Waals surface area (Å²) >= 11 is 0. The molecule has 1 fully saturated rings. The minimum Gasteiger partial charge on any atom is -0.381 e. The third kappa shape index (κ3) is 2.80. The summed E-state index contributed by atoms with van der Waals surface area (Å²) in [6, 6.07) is 0. The zero-order chi connectivity index (χ0) is 13.1. The van der Waals surface area contributed by atoms with Crippen LogP contribution in [0.3, 0.4) is 0 Å². The van der Waals surface area contributed by atoms with Crippen LogP contribution in [0.5, 0.6) is 0 Å². The van der Waals surface area contributed by atoms with E-state index in [0.29, 0.717) is 11.8 Å². The number of aromatic nitrogens is 2. The van der Waals surface area contributed by atoms with Crippen LogP contribution in [0.1, 0.15) is 43.3 Å². The van der Waals surface area contributed by atoms with Crippen molar-refractivity contribution >= 4 is 5.82 Å². The fourth-order valence-corrected chi connectivity index (χ4v) is 2.62. The highest BCUT2D eigenvalue weighted by Gasteiger charge is 2.19. The number of rotatable bonds is 4. The van der Waals surface area contributed by atoms with Gasteiger partial charge in [-0.05, 0) is 25.2 Å². The van der Waals surface area contributed by atoms with Gasteiger partial charge >= 0.3 is 0 Å². The number of aryl methyl sites for hydroxylation is 1. The quantitative estimate of drug-likeness (QED) is 0.890. The molecule has 0 radical (unpaired) electrons. The van der Waals surface area contributed by atoms with Crippen LogP contribution in [-0.2, 0) is 11.2 Å². The fourth-order valence-electron chi connectivity index (χ4n) is 2.62. The minimum atomic E-state index is 0.441. The maximum Gasteiger partial charge on any atom is 0.133 e. The van der Waals surface area contributed by atoms with Crippen LogP contribution in [0.4, 0.5) is 5.82 Å². The first kappa shape index (κ1) is 13.3. The molecule has 18 heavy (non-hydrogen) atoms. The number of hydrogen-bond donors (Lipinski definition) is 1. The summed E-state index contributed by atoms with van der Waals surface area (Å²) in [5.41, 5.74) is 2.32. The van der Waals surface area contributed by atoms with Crippen molar-refractivity contribution in [2.75, 3.05) is 25.6 Å². The zero-order valence-corrected chi connectivity index (χ0v) is 11.8. The van der Waals surface area contributed by atoms with Crippen molar-refractivity contribution in [3.63, 3.8) is 0 Å². The molecule has 1 aliphatic rings. The van der Waals surface area contributed by atoms with Crippen molar-refractivity contribution in [3.05, 3.63) is 17.1 Å². The Kier molecular flexibility index (Phi) is 4.17. The molecule has 1 N–H and O–H groups in total. The van der Waals surface area contributed by atoms with Crippen LogP contribution in [0.2, 0.25) is 0 Å². The normalized spacial score (nSPS) is 19.5. The molecule has 1 atom stereocenters. The lowest BCUT2D eigenvalue weighted by atomic mass is 10.0. The molecule has 0 bridgehead atoms. The van der Waals surface area contributed by atoms with E-state index in [1.807, 2.05) is 7.05 Å².